The summed E-state index contributed by atoms with van der Waals surface area (Å²) in [6, 6.07) is 9.17. The quantitative estimate of drug-likeness (QED) is 0.662. The number of ether oxygens (including phenoxy) is 1. The summed E-state index contributed by atoms with van der Waals surface area (Å²) in [5.41, 5.74) is 6.36. The molecule has 3 nitrogen and oxygen atoms in total. The van der Waals surface area contributed by atoms with E-state index < -0.39 is 5.82 Å². The predicted octanol–water partition coefficient (Wildman–Crippen LogP) is 4.00. The third-order valence-electron chi connectivity index (χ3n) is 2.62. The molecule has 0 aliphatic carbocycles. The van der Waals surface area contributed by atoms with E-state index in [4.69, 9.17) is 39.1 Å². The lowest BCUT2D eigenvalue weighted by Crippen LogP contribution is -2.11. The molecule has 0 radical (unpaired) electrons. The number of rotatable bonds is 4. The first kappa shape index (κ1) is 14.6. The van der Waals surface area contributed by atoms with Crippen LogP contribution in [-0.2, 0) is 6.61 Å². The maximum absolute atomic E-state index is 13.7. The minimum Gasteiger partial charge on any atom is -0.486 e. The predicted molar refractivity (Wildman–Crippen MR) is 78.2 cm³/mol. The fraction of sp³-hybridized carbons (Fsp3) is 0.0714. The average Bonchev–Trinajstić information content (AvgIpc) is 2.41. The number of nitrogen functional groups attached to an aromatic ring is 1. The van der Waals surface area contributed by atoms with Crippen LogP contribution in [-0.4, -0.2) is 5.84 Å². The SMILES string of the molecule is N=C(N)c1ccc(OCc2ccc(Cl)c(Cl)c2)c(F)c1. The zero-order chi connectivity index (χ0) is 14.7. The van der Waals surface area contributed by atoms with Crippen molar-refractivity contribution in [3.8, 4) is 5.75 Å². The van der Waals surface area contributed by atoms with Crippen LogP contribution < -0.4 is 10.5 Å². The highest BCUT2D eigenvalue weighted by Crippen LogP contribution is 2.24. The van der Waals surface area contributed by atoms with Crippen molar-refractivity contribution < 1.29 is 9.13 Å². The van der Waals surface area contributed by atoms with Crippen molar-refractivity contribution in [2.75, 3.05) is 0 Å². The lowest BCUT2D eigenvalue weighted by atomic mass is 10.2. The summed E-state index contributed by atoms with van der Waals surface area (Å²) >= 11 is 11.7. The number of hydrogen-bond acceptors (Lipinski definition) is 2. The highest BCUT2D eigenvalue weighted by Gasteiger charge is 2.07. The first-order chi connectivity index (χ1) is 9.47. The minimum atomic E-state index is -0.572. The normalized spacial score (nSPS) is 10.3. The monoisotopic (exact) mass is 312 g/mol. The van der Waals surface area contributed by atoms with E-state index in [1.807, 2.05) is 0 Å². The topological polar surface area (TPSA) is 59.1 Å². The number of amidine groups is 1. The van der Waals surface area contributed by atoms with Gasteiger partial charge in [0.25, 0.3) is 0 Å². The highest BCUT2D eigenvalue weighted by atomic mass is 35.5. The molecule has 2 aromatic rings. The van der Waals surface area contributed by atoms with Crippen LogP contribution in [0.4, 0.5) is 4.39 Å². The Morgan fingerprint density at radius 2 is 1.90 bits per heavy atom. The summed E-state index contributed by atoms with van der Waals surface area (Å²) in [6.07, 6.45) is 0. The molecule has 0 spiro atoms. The van der Waals surface area contributed by atoms with Gasteiger partial charge in [-0.05, 0) is 35.9 Å². The van der Waals surface area contributed by atoms with Gasteiger partial charge in [-0.15, -0.1) is 0 Å². The van der Waals surface area contributed by atoms with Crippen LogP contribution in [0.2, 0.25) is 10.0 Å². The molecule has 3 N–H and O–H groups in total. The summed E-state index contributed by atoms with van der Waals surface area (Å²) in [5, 5.41) is 8.09. The van der Waals surface area contributed by atoms with Gasteiger partial charge in [0.15, 0.2) is 11.6 Å². The van der Waals surface area contributed by atoms with E-state index in [0.29, 0.717) is 15.6 Å². The van der Waals surface area contributed by atoms with Gasteiger partial charge in [0.05, 0.1) is 10.0 Å². The van der Waals surface area contributed by atoms with Crippen molar-refractivity contribution in [1.82, 2.24) is 0 Å². The van der Waals surface area contributed by atoms with Crippen LogP contribution in [0.3, 0.4) is 0 Å². The summed E-state index contributed by atoms with van der Waals surface area (Å²) in [7, 11) is 0. The van der Waals surface area contributed by atoms with Crippen molar-refractivity contribution in [3.63, 3.8) is 0 Å². The molecule has 2 aromatic carbocycles. The Labute approximate surface area is 125 Å². The first-order valence-corrected chi connectivity index (χ1v) is 6.43. The van der Waals surface area contributed by atoms with Gasteiger partial charge in [-0.25, -0.2) is 4.39 Å². The second kappa shape index (κ2) is 6.11. The molecule has 20 heavy (non-hydrogen) atoms. The fourth-order valence-electron chi connectivity index (χ4n) is 1.58. The van der Waals surface area contributed by atoms with Crippen LogP contribution >= 0.6 is 23.2 Å². The standard InChI is InChI=1S/C14H11Cl2FN2O/c15-10-3-1-8(5-11(10)16)7-20-13-4-2-9(14(18)19)6-12(13)17/h1-6H,7H2,(H3,18,19). The number of halogens is 3. The molecule has 0 fully saturated rings. The molecule has 0 heterocycles. The molecule has 0 aromatic heterocycles. The molecule has 0 saturated heterocycles. The van der Waals surface area contributed by atoms with E-state index >= 15 is 0 Å². The maximum atomic E-state index is 13.7. The largest absolute Gasteiger partial charge is 0.486 e. The van der Waals surface area contributed by atoms with Gasteiger partial charge in [-0.1, -0.05) is 29.3 Å². The van der Waals surface area contributed by atoms with Crippen molar-refractivity contribution in [3.05, 3.63) is 63.4 Å². The lowest BCUT2D eigenvalue weighted by molar-refractivity contribution is 0.290. The van der Waals surface area contributed by atoms with E-state index in [-0.39, 0.29) is 18.2 Å². The van der Waals surface area contributed by atoms with E-state index in [1.54, 1.807) is 18.2 Å². The fourth-order valence-corrected chi connectivity index (χ4v) is 1.90. The second-order valence-corrected chi connectivity index (χ2v) is 4.91. The van der Waals surface area contributed by atoms with Gasteiger partial charge in [0, 0.05) is 5.56 Å². The van der Waals surface area contributed by atoms with Crippen LogP contribution in [0.15, 0.2) is 36.4 Å². The molecule has 0 saturated carbocycles. The molecule has 6 heteroatoms. The Kier molecular flexibility index (Phi) is 4.47. The summed E-state index contributed by atoms with van der Waals surface area (Å²) in [4.78, 5) is 0. The Morgan fingerprint density at radius 1 is 1.15 bits per heavy atom. The van der Waals surface area contributed by atoms with Crippen LogP contribution in [0.1, 0.15) is 11.1 Å². The first-order valence-electron chi connectivity index (χ1n) is 5.68. The van der Waals surface area contributed by atoms with Crippen molar-refractivity contribution >= 4 is 29.0 Å². The van der Waals surface area contributed by atoms with Gasteiger partial charge in [0.1, 0.15) is 12.4 Å². The molecule has 0 amide bonds. The van der Waals surface area contributed by atoms with Gasteiger partial charge in [-0.2, -0.15) is 0 Å². The van der Waals surface area contributed by atoms with Gasteiger partial charge in [0.2, 0.25) is 0 Å². The van der Waals surface area contributed by atoms with Crippen molar-refractivity contribution in [2.24, 2.45) is 5.73 Å². The van der Waals surface area contributed by atoms with E-state index in [0.717, 1.165) is 11.6 Å². The second-order valence-electron chi connectivity index (χ2n) is 4.10. The third-order valence-corrected chi connectivity index (χ3v) is 3.36. The van der Waals surface area contributed by atoms with E-state index in [1.165, 1.54) is 12.1 Å². The van der Waals surface area contributed by atoms with Crippen molar-refractivity contribution in [1.29, 1.82) is 5.41 Å². The molecule has 0 aliphatic heterocycles. The molecule has 104 valence electrons. The molecule has 0 atom stereocenters. The molecule has 0 aliphatic rings. The van der Waals surface area contributed by atoms with E-state index in [2.05, 4.69) is 0 Å². The smallest absolute Gasteiger partial charge is 0.165 e. The third kappa shape index (κ3) is 3.40. The maximum Gasteiger partial charge on any atom is 0.165 e. The zero-order valence-electron chi connectivity index (χ0n) is 10.3. The Morgan fingerprint density at radius 3 is 2.50 bits per heavy atom. The Bertz CT molecular complexity index is 662. The molecule has 2 rings (SSSR count). The number of benzene rings is 2. The molecular weight excluding hydrogens is 302 g/mol. The Hall–Kier alpha value is -1.78. The molecule has 0 unspecified atom stereocenters. The highest BCUT2D eigenvalue weighted by molar-refractivity contribution is 6.42. The number of nitrogens with one attached hydrogen (secondary N) is 1. The summed E-state index contributed by atoms with van der Waals surface area (Å²) in [5.74, 6) is -0.682. The average molecular weight is 313 g/mol. The van der Waals surface area contributed by atoms with Gasteiger partial charge >= 0.3 is 0 Å². The van der Waals surface area contributed by atoms with Gasteiger partial charge in [-0.3, -0.25) is 5.41 Å². The van der Waals surface area contributed by atoms with Crippen LogP contribution in [0, 0.1) is 11.2 Å². The van der Waals surface area contributed by atoms with Crippen LogP contribution in [0.5, 0.6) is 5.75 Å². The Balaban J connectivity index is 2.10. The molecule has 0 bridgehead atoms. The van der Waals surface area contributed by atoms with E-state index in [9.17, 15) is 4.39 Å². The summed E-state index contributed by atoms with van der Waals surface area (Å²) in [6.45, 7) is 0.160. The minimum absolute atomic E-state index is 0.0843. The van der Waals surface area contributed by atoms with Gasteiger partial charge < -0.3 is 10.5 Å². The zero-order valence-corrected chi connectivity index (χ0v) is 11.8. The summed E-state index contributed by atoms with van der Waals surface area (Å²) < 4.78 is 19.1. The molecular formula is C14H11Cl2FN2O. The van der Waals surface area contributed by atoms with Crippen molar-refractivity contribution in [2.45, 2.75) is 6.61 Å². The lowest BCUT2D eigenvalue weighted by Gasteiger charge is -2.09. The number of hydrogen-bond donors (Lipinski definition) is 2. The van der Waals surface area contributed by atoms with Crippen LogP contribution in [0.25, 0.3) is 0 Å². The number of nitrogens with two attached hydrogens (primary N) is 1.